The van der Waals surface area contributed by atoms with E-state index in [0.29, 0.717) is 5.95 Å². The topological polar surface area (TPSA) is 66.5 Å². The van der Waals surface area contributed by atoms with Crippen molar-refractivity contribution in [3.63, 3.8) is 0 Å². The molecule has 0 aliphatic carbocycles. The van der Waals surface area contributed by atoms with Gasteiger partial charge in [0.15, 0.2) is 5.16 Å². The fourth-order valence-electron chi connectivity index (χ4n) is 1.78. The second kappa shape index (κ2) is 4.89. The van der Waals surface area contributed by atoms with E-state index in [1.54, 1.807) is 0 Å². The van der Waals surface area contributed by atoms with Crippen molar-refractivity contribution < 1.29 is 0 Å². The third-order valence-electron chi connectivity index (χ3n) is 2.62. The second-order valence-corrected chi connectivity index (χ2v) is 5.09. The van der Waals surface area contributed by atoms with Crippen LogP contribution in [0.2, 0.25) is 0 Å². The van der Waals surface area contributed by atoms with Crippen LogP contribution in [0.15, 0.2) is 40.5 Å². The molecule has 3 aromatic rings. The largest absolute Gasteiger partial charge is 0.357 e. The lowest BCUT2D eigenvalue weighted by molar-refractivity contribution is 0.995. The number of nitrogens with zero attached hydrogens (tertiary/aromatic N) is 3. The van der Waals surface area contributed by atoms with Crippen molar-refractivity contribution in [1.29, 1.82) is 0 Å². The van der Waals surface area contributed by atoms with E-state index in [-0.39, 0.29) is 0 Å². The summed E-state index contributed by atoms with van der Waals surface area (Å²) in [5.74, 6) is 0.624. The van der Waals surface area contributed by atoms with Crippen LogP contribution in [0.25, 0.3) is 11.0 Å². The van der Waals surface area contributed by atoms with Gasteiger partial charge < -0.3 is 10.3 Å². The molecule has 0 radical (unpaired) electrons. The first-order valence-electron chi connectivity index (χ1n) is 5.90. The van der Waals surface area contributed by atoms with Crippen molar-refractivity contribution in [1.82, 2.24) is 19.9 Å². The zero-order valence-electron chi connectivity index (χ0n) is 10.6. The van der Waals surface area contributed by atoms with Crippen molar-refractivity contribution in [2.45, 2.75) is 17.1 Å². The predicted octanol–water partition coefficient (Wildman–Crippen LogP) is 2.85. The van der Waals surface area contributed by atoms with E-state index in [0.717, 1.165) is 26.9 Å². The van der Waals surface area contributed by atoms with Crippen LogP contribution in [0.3, 0.4) is 0 Å². The number of aromatic amines is 1. The normalized spacial score (nSPS) is 10.8. The molecule has 96 valence electrons. The van der Waals surface area contributed by atoms with Gasteiger partial charge in [0.25, 0.3) is 0 Å². The molecule has 0 atom stereocenters. The lowest BCUT2D eigenvalue weighted by Gasteiger charge is -2.03. The Bertz CT molecular complexity index is 689. The van der Waals surface area contributed by atoms with Crippen molar-refractivity contribution in [2.75, 3.05) is 12.4 Å². The van der Waals surface area contributed by atoms with Gasteiger partial charge in [-0.25, -0.2) is 15.0 Å². The maximum absolute atomic E-state index is 4.52. The summed E-state index contributed by atoms with van der Waals surface area (Å²) in [6, 6.07) is 9.91. The quantitative estimate of drug-likeness (QED) is 0.717. The van der Waals surface area contributed by atoms with Crippen molar-refractivity contribution >= 4 is 28.7 Å². The highest BCUT2D eigenvalue weighted by Gasteiger charge is 2.07. The summed E-state index contributed by atoms with van der Waals surface area (Å²) in [5, 5.41) is 4.66. The van der Waals surface area contributed by atoms with Gasteiger partial charge in [-0.15, -0.1) is 0 Å². The molecule has 0 saturated heterocycles. The van der Waals surface area contributed by atoms with Gasteiger partial charge in [-0.1, -0.05) is 12.1 Å². The Hall–Kier alpha value is -2.08. The monoisotopic (exact) mass is 271 g/mol. The highest BCUT2D eigenvalue weighted by atomic mass is 32.2. The van der Waals surface area contributed by atoms with Gasteiger partial charge in [-0.05, 0) is 36.9 Å². The highest BCUT2D eigenvalue weighted by Crippen LogP contribution is 2.26. The maximum atomic E-state index is 4.52. The summed E-state index contributed by atoms with van der Waals surface area (Å²) in [5.41, 5.74) is 2.92. The summed E-state index contributed by atoms with van der Waals surface area (Å²) in [7, 11) is 1.81. The first-order valence-corrected chi connectivity index (χ1v) is 6.72. The fourth-order valence-corrected chi connectivity index (χ4v) is 2.65. The van der Waals surface area contributed by atoms with E-state index >= 15 is 0 Å². The number of anilines is 1. The minimum Gasteiger partial charge on any atom is -0.357 e. The molecule has 1 aromatic carbocycles. The van der Waals surface area contributed by atoms with Crippen LogP contribution in [-0.2, 0) is 0 Å². The number of imidazole rings is 1. The maximum Gasteiger partial charge on any atom is 0.223 e. The van der Waals surface area contributed by atoms with Crippen molar-refractivity contribution in [2.24, 2.45) is 0 Å². The predicted molar refractivity (Wildman–Crippen MR) is 76.5 cm³/mol. The molecule has 0 spiro atoms. The average Bonchev–Trinajstić information content (AvgIpc) is 2.80. The molecule has 0 amide bonds. The molecular weight excluding hydrogens is 258 g/mol. The lowest BCUT2D eigenvalue weighted by Crippen LogP contribution is -1.98. The Kier molecular flexibility index (Phi) is 3.08. The molecule has 2 heterocycles. The Morgan fingerprint density at radius 3 is 2.79 bits per heavy atom. The number of para-hydroxylation sites is 2. The zero-order chi connectivity index (χ0) is 13.2. The molecule has 0 aliphatic heterocycles. The third-order valence-corrected chi connectivity index (χ3v) is 3.43. The van der Waals surface area contributed by atoms with Crippen LogP contribution in [0.5, 0.6) is 0 Å². The van der Waals surface area contributed by atoms with E-state index in [2.05, 4.69) is 25.3 Å². The average molecular weight is 271 g/mol. The van der Waals surface area contributed by atoms with Crippen LogP contribution < -0.4 is 5.32 Å². The van der Waals surface area contributed by atoms with E-state index < -0.39 is 0 Å². The molecule has 0 fully saturated rings. The first-order chi connectivity index (χ1) is 9.24. The number of fused-ring (bicyclic) bond motifs is 1. The first kappa shape index (κ1) is 12.0. The van der Waals surface area contributed by atoms with Crippen molar-refractivity contribution in [3.8, 4) is 0 Å². The second-order valence-electron chi connectivity index (χ2n) is 4.08. The van der Waals surface area contributed by atoms with E-state index in [1.807, 2.05) is 44.3 Å². The highest BCUT2D eigenvalue weighted by molar-refractivity contribution is 7.99. The van der Waals surface area contributed by atoms with Gasteiger partial charge in [0, 0.05) is 12.7 Å². The van der Waals surface area contributed by atoms with E-state index in [9.17, 15) is 0 Å². The number of H-pyrrole nitrogens is 1. The van der Waals surface area contributed by atoms with Crippen LogP contribution in [0, 0.1) is 6.92 Å². The summed E-state index contributed by atoms with van der Waals surface area (Å²) in [6.45, 7) is 1.95. The Balaban J connectivity index is 1.94. The SMILES string of the molecule is CNc1nc(C)cc(Sc2nc3ccccc3[nH]2)n1. The van der Waals surface area contributed by atoms with Gasteiger partial charge in [-0.2, -0.15) is 0 Å². The number of hydrogen-bond acceptors (Lipinski definition) is 5. The summed E-state index contributed by atoms with van der Waals surface area (Å²) in [6.07, 6.45) is 0. The molecule has 2 N–H and O–H groups in total. The number of aromatic nitrogens is 4. The minimum absolute atomic E-state index is 0.624. The number of benzene rings is 1. The van der Waals surface area contributed by atoms with E-state index in [1.165, 1.54) is 11.8 Å². The van der Waals surface area contributed by atoms with Crippen LogP contribution in [-0.4, -0.2) is 27.0 Å². The Morgan fingerprint density at radius 2 is 2.00 bits per heavy atom. The van der Waals surface area contributed by atoms with Gasteiger partial charge in [0.05, 0.1) is 11.0 Å². The molecule has 2 aromatic heterocycles. The number of rotatable bonds is 3. The molecule has 0 unspecified atom stereocenters. The molecule has 19 heavy (non-hydrogen) atoms. The summed E-state index contributed by atoms with van der Waals surface area (Å²) >= 11 is 1.50. The van der Waals surface area contributed by atoms with E-state index in [4.69, 9.17) is 0 Å². The Morgan fingerprint density at radius 1 is 1.16 bits per heavy atom. The fraction of sp³-hybridized carbons (Fsp3) is 0.154. The summed E-state index contributed by atoms with van der Waals surface area (Å²) < 4.78 is 0. The van der Waals surface area contributed by atoms with Crippen LogP contribution >= 0.6 is 11.8 Å². The third kappa shape index (κ3) is 2.53. The van der Waals surface area contributed by atoms with Crippen molar-refractivity contribution in [3.05, 3.63) is 36.0 Å². The Labute approximate surface area is 114 Å². The number of aryl methyl sites for hydroxylation is 1. The standard InChI is InChI=1S/C13H13N5S/c1-8-7-11(18-12(14-2)15-8)19-13-16-9-5-3-4-6-10(9)17-13/h3-7H,1-2H3,(H,16,17)(H,14,15,18). The van der Waals surface area contributed by atoms with Gasteiger partial charge >= 0.3 is 0 Å². The summed E-state index contributed by atoms with van der Waals surface area (Å²) in [4.78, 5) is 16.5. The molecule has 3 rings (SSSR count). The van der Waals surface area contributed by atoms with Crippen LogP contribution in [0.4, 0.5) is 5.95 Å². The van der Waals surface area contributed by atoms with Gasteiger partial charge in [0.2, 0.25) is 5.95 Å². The smallest absolute Gasteiger partial charge is 0.223 e. The van der Waals surface area contributed by atoms with Crippen LogP contribution in [0.1, 0.15) is 5.69 Å². The molecular formula is C13H13N5S. The molecule has 0 bridgehead atoms. The number of hydrogen-bond donors (Lipinski definition) is 2. The number of nitrogens with one attached hydrogen (secondary N) is 2. The molecule has 0 saturated carbocycles. The van der Waals surface area contributed by atoms with Gasteiger partial charge in [0.1, 0.15) is 5.03 Å². The molecule has 5 nitrogen and oxygen atoms in total. The molecule has 0 aliphatic rings. The minimum atomic E-state index is 0.624. The van der Waals surface area contributed by atoms with Gasteiger partial charge in [-0.3, -0.25) is 0 Å². The lowest BCUT2D eigenvalue weighted by atomic mass is 10.3. The molecule has 6 heteroatoms. The zero-order valence-corrected chi connectivity index (χ0v) is 11.5.